The number of rotatable bonds is 9. The van der Waals surface area contributed by atoms with Crippen LogP contribution in [0.4, 0.5) is 22.0 Å². The van der Waals surface area contributed by atoms with Gasteiger partial charge in [0.05, 0.1) is 5.56 Å². The van der Waals surface area contributed by atoms with Crippen LogP contribution in [-0.4, -0.2) is 44.5 Å². The second kappa shape index (κ2) is 12.3. The molecule has 1 aliphatic rings. The van der Waals surface area contributed by atoms with Gasteiger partial charge in [0.25, 0.3) is 0 Å². The molecule has 216 valence electrons. The van der Waals surface area contributed by atoms with E-state index in [4.69, 9.17) is 14.2 Å². The molecule has 2 aromatic heterocycles. The molecular formula is C27H29F5N4O4. The fourth-order valence-corrected chi connectivity index (χ4v) is 4.12. The van der Waals surface area contributed by atoms with Crippen LogP contribution in [0.1, 0.15) is 55.6 Å². The number of benzene rings is 1. The largest absolute Gasteiger partial charge is 0.480 e. The minimum absolute atomic E-state index is 0.114. The summed E-state index contributed by atoms with van der Waals surface area (Å²) in [6.07, 6.45) is -1.26. The van der Waals surface area contributed by atoms with E-state index in [1.54, 1.807) is 19.9 Å². The summed E-state index contributed by atoms with van der Waals surface area (Å²) in [6.45, 7) is 4.69. The topological polar surface area (TPSA) is 80.4 Å². The van der Waals surface area contributed by atoms with Gasteiger partial charge in [-0.15, -0.1) is 5.10 Å². The minimum atomic E-state index is -4.79. The van der Waals surface area contributed by atoms with Crippen molar-refractivity contribution in [3.05, 3.63) is 69.4 Å². The summed E-state index contributed by atoms with van der Waals surface area (Å²) in [5, 5.41) is 4.17. The number of pyridine rings is 1. The second-order valence-electron chi connectivity index (χ2n) is 9.29. The molecule has 0 aliphatic carbocycles. The Morgan fingerprint density at radius 3 is 2.73 bits per heavy atom. The van der Waals surface area contributed by atoms with Crippen LogP contribution in [0.3, 0.4) is 0 Å². The monoisotopic (exact) mass is 568 g/mol. The van der Waals surface area contributed by atoms with Crippen LogP contribution in [-0.2, 0) is 22.6 Å². The molecule has 1 saturated heterocycles. The second-order valence-corrected chi connectivity index (χ2v) is 9.29. The number of ether oxygens (including phenoxy) is 3. The first-order valence-corrected chi connectivity index (χ1v) is 12.8. The van der Waals surface area contributed by atoms with Gasteiger partial charge in [-0.2, -0.15) is 17.9 Å². The van der Waals surface area contributed by atoms with Crippen molar-refractivity contribution in [1.82, 2.24) is 19.3 Å². The normalized spacial score (nSPS) is 17.2. The van der Waals surface area contributed by atoms with Gasteiger partial charge < -0.3 is 14.2 Å². The highest BCUT2D eigenvalue weighted by atomic mass is 19.4. The lowest BCUT2D eigenvalue weighted by Crippen LogP contribution is -2.31. The lowest BCUT2D eigenvalue weighted by Gasteiger charge is -2.22. The molecule has 0 spiro atoms. The quantitative estimate of drug-likeness (QED) is 0.307. The van der Waals surface area contributed by atoms with Crippen molar-refractivity contribution in [2.45, 2.75) is 71.8 Å². The molecule has 13 heteroatoms. The molecule has 40 heavy (non-hydrogen) atoms. The van der Waals surface area contributed by atoms with E-state index in [2.05, 4.69) is 10.1 Å². The van der Waals surface area contributed by atoms with Crippen LogP contribution in [0.5, 0.6) is 5.75 Å². The zero-order valence-corrected chi connectivity index (χ0v) is 22.2. The van der Waals surface area contributed by atoms with E-state index in [0.717, 1.165) is 31.9 Å². The Labute approximate surface area is 227 Å². The molecule has 1 fully saturated rings. The molecule has 0 amide bonds. The molecule has 4 rings (SSSR count). The van der Waals surface area contributed by atoms with Crippen molar-refractivity contribution in [3.8, 4) is 11.4 Å². The Morgan fingerprint density at radius 2 is 2.08 bits per heavy atom. The molecule has 8 nitrogen and oxygen atoms in total. The lowest BCUT2D eigenvalue weighted by atomic mass is 10.1. The number of alkyl halides is 3. The van der Waals surface area contributed by atoms with Gasteiger partial charge >= 0.3 is 11.9 Å². The fourth-order valence-electron chi connectivity index (χ4n) is 4.12. The number of aromatic nitrogens is 4. The van der Waals surface area contributed by atoms with E-state index < -0.39 is 52.9 Å². The Balaban J connectivity index is 1.76. The van der Waals surface area contributed by atoms with E-state index in [9.17, 15) is 18.0 Å². The highest BCUT2D eigenvalue weighted by molar-refractivity contribution is 5.80. The van der Waals surface area contributed by atoms with Gasteiger partial charge in [0, 0.05) is 31.6 Å². The Bertz CT molecular complexity index is 1430. The number of nitrogens with zero attached hydrogens (tertiary/aromatic N) is 4. The van der Waals surface area contributed by atoms with Gasteiger partial charge in [0.15, 0.2) is 18.2 Å². The Morgan fingerprint density at radius 1 is 1.30 bits per heavy atom. The van der Waals surface area contributed by atoms with E-state index in [1.807, 2.05) is 0 Å². The fraction of sp³-hybridized carbons (Fsp3) is 0.444. The third-order valence-corrected chi connectivity index (χ3v) is 6.45. The van der Waals surface area contributed by atoms with Crippen molar-refractivity contribution in [2.24, 2.45) is 0 Å². The van der Waals surface area contributed by atoms with E-state index >= 15 is 8.78 Å². The summed E-state index contributed by atoms with van der Waals surface area (Å²) in [7, 11) is 0. The third-order valence-electron chi connectivity index (χ3n) is 6.45. The zero-order chi connectivity index (χ0) is 29.0. The van der Waals surface area contributed by atoms with Crippen molar-refractivity contribution in [2.75, 3.05) is 6.61 Å². The van der Waals surface area contributed by atoms with Crippen LogP contribution in [0.15, 0.2) is 35.4 Å². The van der Waals surface area contributed by atoms with Gasteiger partial charge in [0.1, 0.15) is 29.7 Å². The van der Waals surface area contributed by atoms with Gasteiger partial charge in [0.2, 0.25) is 0 Å². The number of halogens is 5. The molecule has 0 saturated carbocycles. The molecule has 2 atom stereocenters. The molecule has 0 radical (unpaired) electrons. The van der Waals surface area contributed by atoms with Gasteiger partial charge in [-0.3, -0.25) is 9.55 Å². The third kappa shape index (κ3) is 6.58. The molecular weight excluding hydrogens is 539 g/mol. The number of hydrogen-bond acceptors (Lipinski definition) is 6. The maximum Gasteiger partial charge on any atom is 0.425 e. The van der Waals surface area contributed by atoms with Crippen molar-refractivity contribution < 1.29 is 36.2 Å². The van der Waals surface area contributed by atoms with E-state index in [-0.39, 0.29) is 19.0 Å². The van der Waals surface area contributed by atoms with Crippen molar-refractivity contribution in [1.29, 1.82) is 0 Å². The molecule has 1 aliphatic heterocycles. The zero-order valence-electron chi connectivity index (χ0n) is 22.2. The molecule has 0 bridgehead atoms. The highest BCUT2D eigenvalue weighted by Crippen LogP contribution is 2.35. The van der Waals surface area contributed by atoms with Crippen LogP contribution < -0.4 is 10.4 Å². The molecule has 0 N–H and O–H groups in total. The van der Waals surface area contributed by atoms with Crippen molar-refractivity contribution in [3.63, 3.8) is 0 Å². The maximum absolute atomic E-state index is 15.4. The summed E-state index contributed by atoms with van der Waals surface area (Å²) >= 11 is 0. The molecule has 3 aromatic rings. The van der Waals surface area contributed by atoms with E-state index in [0.29, 0.717) is 34.9 Å². The summed E-state index contributed by atoms with van der Waals surface area (Å²) in [5.41, 5.74) is -0.858. The van der Waals surface area contributed by atoms with Crippen LogP contribution >= 0.6 is 0 Å². The van der Waals surface area contributed by atoms with Gasteiger partial charge in [-0.05, 0) is 69.4 Å². The smallest absolute Gasteiger partial charge is 0.425 e. The molecule has 1 unspecified atom stereocenters. The van der Waals surface area contributed by atoms with Gasteiger partial charge in [-0.25, -0.2) is 13.6 Å². The molecule has 3 heterocycles. The highest BCUT2D eigenvalue weighted by Gasteiger charge is 2.39. The van der Waals surface area contributed by atoms with Crippen LogP contribution in [0.2, 0.25) is 0 Å². The predicted molar refractivity (Wildman–Crippen MR) is 136 cm³/mol. The van der Waals surface area contributed by atoms with Crippen molar-refractivity contribution >= 4 is 11.9 Å². The van der Waals surface area contributed by atoms with Crippen LogP contribution in [0, 0.1) is 12.7 Å². The SMILES string of the molecule is CCn1c(COC2CCCCO2)nn(-c2cc(O[C@@H](C)C(F)(F)F)c(/C(F)=C/c3cnccc3C)cc2F)c1=O. The standard InChI is InChI=1S/C27H29F5N4O4/c1-4-35-24(15-39-25-7-5-6-10-38-25)34-36(26(35)37)22-13-23(40-17(3)27(30,31)32)19(12-21(22)29)20(28)11-18-14-33-9-8-16(18)2/h8-9,11-14,17,25H,4-7,10,15H2,1-3H3/b20-11-/t17-,25?/m0/s1. The van der Waals surface area contributed by atoms with E-state index in [1.165, 1.54) is 17.0 Å². The lowest BCUT2D eigenvalue weighted by molar-refractivity contribution is -0.189. The number of hydrogen-bond donors (Lipinski definition) is 0. The Kier molecular flexibility index (Phi) is 9.04. The summed E-state index contributed by atoms with van der Waals surface area (Å²) in [5.74, 6) is -2.62. The maximum atomic E-state index is 15.4. The average molecular weight is 569 g/mol. The summed E-state index contributed by atoms with van der Waals surface area (Å²) in [4.78, 5) is 17.0. The average Bonchev–Trinajstić information content (AvgIpc) is 3.24. The first-order valence-electron chi connectivity index (χ1n) is 12.8. The minimum Gasteiger partial charge on any atom is -0.480 e. The summed E-state index contributed by atoms with van der Waals surface area (Å²) < 4.78 is 89.1. The predicted octanol–water partition coefficient (Wildman–Crippen LogP) is 5.74. The number of aryl methyl sites for hydroxylation is 1. The first-order chi connectivity index (χ1) is 19.0. The summed E-state index contributed by atoms with van der Waals surface area (Å²) in [6, 6.07) is 3.12. The first kappa shape index (κ1) is 29.4. The van der Waals surface area contributed by atoms with Gasteiger partial charge in [-0.1, -0.05) is 0 Å². The van der Waals surface area contributed by atoms with Crippen LogP contribution in [0.25, 0.3) is 17.6 Å². The molecule has 1 aromatic carbocycles. The Hall–Kier alpha value is -3.58.